The monoisotopic (exact) mass is 422 g/mol. The van der Waals surface area contributed by atoms with Gasteiger partial charge in [-0.25, -0.2) is 4.98 Å². The molecule has 134 valence electrons. The first-order valence-corrected chi connectivity index (χ1v) is 9.91. The van der Waals surface area contributed by atoms with Crippen molar-refractivity contribution in [3.63, 3.8) is 0 Å². The first-order valence-electron chi connectivity index (χ1n) is 8.74. The number of hydrogen-bond donors (Lipinski definition) is 0. The molecule has 1 heterocycles. The number of pyridine rings is 1. The van der Waals surface area contributed by atoms with Crippen LogP contribution in [0.3, 0.4) is 0 Å². The molecule has 1 fully saturated rings. The second-order valence-corrected chi connectivity index (χ2v) is 8.23. The van der Waals surface area contributed by atoms with E-state index in [1.165, 1.54) is 24.8 Å². The van der Waals surface area contributed by atoms with Crippen molar-refractivity contribution in [3.05, 3.63) is 51.6 Å². The van der Waals surface area contributed by atoms with Crippen molar-refractivity contribution in [3.8, 4) is 5.75 Å². The molecule has 0 bridgehead atoms. The molecule has 0 saturated heterocycles. The van der Waals surface area contributed by atoms with Crippen LogP contribution in [0.15, 0.2) is 41.0 Å². The van der Waals surface area contributed by atoms with E-state index in [4.69, 9.17) is 16.3 Å². The third kappa shape index (κ3) is 4.89. The smallest absolute Gasteiger partial charge is 0.130 e. The molecule has 0 spiro atoms. The minimum absolute atomic E-state index is 0.699. The van der Waals surface area contributed by atoms with Crippen LogP contribution < -0.4 is 9.64 Å². The van der Waals surface area contributed by atoms with Gasteiger partial charge < -0.3 is 9.64 Å². The van der Waals surface area contributed by atoms with Crippen molar-refractivity contribution in [2.75, 3.05) is 18.6 Å². The molecule has 0 aliphatic heterocycles. The van der Waals surface area contributed by atoms with Gasteiger partial charge >= 0.3 is 0 Å². The molecule has 1 aliphatic carbocycles. The quantitative estimate of drug-likeness (QED) is 0.574. The number of ether oxygens (including phenoxy) is 1. The minimum Gasteiger partial charge on any atom is -0.497 e. The van der Waals surface area contributed by atoms with E-state index in [2.05, 4.69) is 44.9 Å². The summed E-state index contributed by atoms with van der Waals surface area (Å²) in [5.74, 6) is 3.36. The average molecular weight is 424 g/mol. The Morgan fingerprint density at radius 1 is 1.28 bits per heavy atom. The van der Waals surface area contributed by atoms with Gasteiger partial charge in [0.05, 0.1) is 16.6 Å². The van der Waals surface area contributed by atoms with Gasteiger partial charge in [0.2, 0.25) is 0 Å². The van der Waals surface area contributed by atoms with Crippen LogP contribution in [0, 0.1) is 11.8 Å². The minimum atomic E-state index is 0.699. The Bertz CT molecular complexity index is 707. The van der Waals surface area contributed by atoms with Gasteiger partial charge in [-0.1, -0.05) is 37.1 Å². The summed E-state index contributed by atoms with van der Waals surface area (Å²) in [5, 5.41) is 0.699. The number of rotatable bonds is 6. The lowest BCUT2D eigenvalue weighted by Gasteiger charge is -2.27. The predicted octanol–water partition coefficient (Wildman–Crippen LogP) is 5.95. The molecule has 5 heteroatoms. The van der Waals surface area contributed by atoms with Gasteiger partial charge in [-0.2, -0.15) is 0 Å². The lowest BCUT2D eigenvalue weighted by Crippen LogP contribution is -2.29. The van der Waals surface area contributed by atoms with E-state index in [1.807, 2.05) is 18.2 Å². The molecule has 1 aromatic heterocycles. The van der Waals surface area contributed by atoms with E-state index >= 15 is 0 Å². The zero-order valence-electron chi connectivity index (χ0n) is 14.7. The fourth-order valence-electron chi connectivity index (χ4n) is 3.57. The highest BCUT2D eigenvalue weighted by molar-refractivity contribution is 9.10. The lowest BCUT2D eigenvalue weighted by atomic mass is 10.0. The fourth-order valence-corrected chi connectivity index (χ4v) is 3.93. The number of halogens is 2. The maximum absolute atomic E-state index is 6.31. The SMILES string of the molecule is COc1ccc(CN(CC2CCC(C)C2)c2cc(Cl)c(Br)cn2)cc1. The van der Waals surface area contributed by atoms with Crippen molar-refractivity contribution in [1.29, 1.82) is 0 Å². The molecule has 2 aromatic rings. The van der Waals surface area contributed by atoms with Crippen molar-refractivity contribution in [1.82, 2.24) is 4.98 Å². The van der Waals surface area contributed by atoms with E-state index in [0.29, 0.717) is 5.02 Å². The number of anilines is 1. The predicted molar refractivity (Wildman–Crippen MR) is 107 cm³/mol. The maximum Gasteiger partial charge on any atom is 0.130 e. The van der Waals surface area contributed by atoms with Crippen LogP contribution in [-0.4, -0.2) is 18.6 Å². The van der Waals surface area contributed by atoms with E-state index in [-0.39, 0.29) is 0 Å². The van der Waals surface area contributed by atoms with Gasteiger partial charge in [0.25, 0.3) is 0 Å². The Labute approximate surface area is 163 Å². The summed E-state index contributed by atoms with van der Waals surface area (Å²) in [6, 6.07) is 10.2. The van der Waals surface area contributed by atoms with Crippen LogP contribution in [0.5, 0.6) is 5.75 Å². The summed E-state index contributed by atoms with van der Waals surface area (Å²) >= 11 is 9.74. The molecule has 1 aromatic carbocycles. The van der Waals surface area contributed by atoms with Crippen molar-refractivity contribution < 1.29 is 4.74 Å². The highest BCUT2D eigenvalue weighted by atomic mass is 79.9. The fraction of sp³-hybridized carbons (Fsp3) is 0.450. The Balaban J connectivity index is 1.80. The van der Waals surface area contributed by atoms with Crippen LogP contribution in [-0.2, 0) is 6.54 Å². The van der Waals surface area contributed by atoms with Crippen LogP contribution in [0.25, 0.3) is 0 Å². The van der Waals surface area contributed by atoms with Crippen LogP contribution in [0.2, 0.25) is 5.02 Å². The normalized spacial score (nSPS) is 19.8. The number of aromatic nitrogens is 1. The Hall–Kier alpha value is -1.26. The first kappa shape index (κ1) is 18.5. The molecule has 3 nitrogen and oxygen atoms in total. The van der Waals surface area contributed by atoms with Crippen molar-refractivity contribution in [2.24, 2.45) is 11.8 Å². The molecule has 2 atom stereocenters. The highest BCUT2D eigenvalue weighted by Crippen LogP contribution is 2.33. The van der Waals surface area contributed by atoms with Gasteiger partial charge in [-0.3, -0.25) is 0 Å². The van der Waals surface area contributed by atoms with Gasteiger partial charge in [-0.05, 0) is 58.3 Å². The average Bonchev–Trinajstić information content (AvgIpc) is 3.02. The zero-order chi connectivity index (χ0) is 17.8. The van der Waals surface area contributed by atoms with Gasteiger partial charge in [0, 0.05) is 25.4 Å². The summed E-state index contributed by atoms with van der Waals surface area (Å²) in [4.78, 5) is 6.95. The molecule has 1 aliphatic rings. The van der Waals surface area contributed by atoms with E-state index in [1.54, 1.807) is 13.3 Å². The molecule has 1 saturated carbocycles. The summed E-state index contributed by atoms with van der Waals surface area (Å²) in [7, 11) is 1.69. The molecule has 3 rings (SSSR count). The molecule has 0 N–H and O–H groups in total. The maximum atomic E-state index is 6.31. The van der Waals surface area contributed by atoms with Crippen molar-refractivity contribution >= 4 is 33.3 Å². The summed E-state index contributed by atoms with van der Waals surface area (Å²) in [6.07, 6.45) is 5.71. The summed E-state index contributed by atoms with van der Waals surface area (Å²) in [6.45, 7) is 4.18. The molecule has 2 unspecified atom stereocenters. The van der Waals surface area contributed by atoms with Gasteiger partial charge in [0.1, 0.15) is 11.6 Å². The summed E-state index contributed by atoms with van der Waals surface area (Å²) in [5.41, 5.74) is 1.24. The zero-order valence-corrected chi connectivity index (χ0v) is 17.1. The van der Waals surface area contributed by atoms with E-state index in [9.17, 15) is 0 Å². The second-order valence-electron chi connectivity index (χ2n) is 6.97. The largest absolute Gasteiger partial charge is 0.497 e. The van der Waals surface area contributed by atoms with E-state index in [0.717, 1.165) is 41.0 Å². The number of nitrogens with zero attached hydrogens (tertiary/aromatic N) is 2. The molecular formula is C20H24BrClN2O. The molecule has 0 radical (unpaired) electrons. The molecule has 0 amide bonds. The molecular weight excluding hydrogens is 400 g/mol. The first-order chi connectivity index (χ1) is 12.0. The van der Waals surface area contributed by atoms with Crippen LogP contribution >= 0.6 is 27.5 Å². The second kappa shape index (κ2) is 8.41. The van der Waals surface area contributed by atoms with Crippen LogP contribution in [0.1, 0.15) is 31.7 Å². The third-order valence-corrected chi connectivity index (χ3v) is 6.11. The van der Waals surface area contributed by atoms with E-state index < -0.39 is 0 Å². The van der Waals surface area contributed by atoms with Crippen LogP contribution in [0.4, 0.5) is 5.82 Å². The standard InChI is InChI=1S/C20H24BrClN2O/c1-14-3-4-16(9-14)13-24(20-10-19(22)18(21)11-23-20)12-15-5-7-17(25-2)8-6-15/h5-8,10-11,14,16H,3-4,9,12-13H2,1-2H3. The third-order valence-electron chi connectivity index (χ3n) is 4.93. The molecule has 25 heavy (non-hydrogen) atoms. The van der Waals surface area contributed by atoms with Gasteiger partial charge in [-0.15, -0.1) is 0 Å². The Morgan fingerprint density at radius 2 is 2.04 bits per heavy atom. The lowest BCUT2D eigenvalue weighted by molar-refractivity contribution is 0.414. The summed E-state index contributed by atoms with van der Waals surface area (Å²) < 4.78 is 6.09. The van der Waals surface area contributed by atoms with Crippen molar-refractivity contribution in [2.45, 2.75) is 32.7 Å². The number of methoxy groups -OCH3 is 1. The number of hydrogen-bond acceptors (Lipinski definition) is 3. The highest BCUT2D eigenvalue weighted by Gasteiger charge is 2.24. The topological polar surface area (TPSA) is 25.4 Å². The number of benzene rings is 1. The van der Waals surface area contributed by atoms with Gasteiger partial charge in [0.15, 0.2) is 0 Å². The Kier molecular flexibility index (Phi) is 6.24. The Morgan fingerprint density at radius 3 is 2.64 bits per heavy atom.